The predicted molar refractivity (Wildman–Crippen MR) is 125 cm³/mol. The molecule has 2 aromatic carbocycles. The third kappa shape index (κ3) is 4.11. The van der Waals surface area contributed by atoms with E-state index in [0.717, 1.165) is 0 Å². The summed E-state index contributed by atoms with van der Waals surface area (Å²) >= 11 is 6.12. The highest BCUT2D eigenvalue weighted by Crippen LogP contribution is 2.27. The number of hydrogen-bond acceptors (Lipinski definition) is 6. The third-order valence-electron chi connectivity index (χ3n) is 5.02. The molecule has 8 nitrogen and oxygen atoms in total. The van der Waals surface area contributed by atoms with Crippen LogP contribution in [-0.2, 0) is 11.3 Å². The number of halogens is 1. The molecule has 0 aliphatic rings. The Hall–Kier alpha value is -4.30. The largest absolute Gasteiger partial charge is 0.334 e. The molecule has 1 N–H and O–H groups in total. The Morgan fingerprint density at radius 3 is 2.64 bits per heavy atom. The Bertz CT molecular complexity index is 1530. The molecule has 162 valence electrons. The van der Waals surface area contributed by atoms with Crippen LogP contribution >= 0.6 is 11.6 Å². The van der Waals surface area contributed by atoms with Gasteiger partial charge in [0.1, 0.15) is 12.2 Å². The van der Waals surface area contributed by atoms with Crippen LogP contribution in [0.2, 0.25) is 5.02 Å². The molecule has 5 aromatic rings. The minimum absolute atomic E-state index is 0.187. The van der Waals surface area contributed by atoms with Gasteiger partial charge in [-0.25, -0.2) is 0 Å². The minimum Gasteiger partial charge on any atom is -0.334 e. The van der Waals surface area contributed by atoms with Crippen molar-refractivity contribution in [2.75, 3.05) is 5.32 Å². The van der Waals surface area contributed by atoms with E-state index in [1.807, 2.05) is 18.2 Å². The number of carbonyl (C=O) groups is 1. The summed E-state index contributed by atoms with van der Waals surface area (Å²) in [4.78, 5) is 34.3. The molecule has 3 heterocycles. The monoisotopic (exact) mass is 457 g/mol. The average Bonchev–Trinajstić information content (AvgIpc) is 3.33. The third-order valence-corrected chi connectivity index (χ3v) is 5.35. The van der Waals surface area contributed by atoms with Crippen molar-refractivity contribution in [2.24, 2.45) is 0 Å². The zero-order valence-electron chi connectivity index (χ0n) is 17.1. The predicted octanol–water partition coefficient (Wildman–Crippen LogP) is 4.41. The Labute approximate surface area is 192 Å². The standard InChI is InChI=1S/C24H16ClN5O3/c25-17-8-2-3-9-18(17)27-21(31)14-30-20-11-4-1-7-15(20)16(13-22(30)32)24-28-23(29-33-24)19-10-5-6-12-26-19/h1-13H,14H2,(H,27,31). The number of amides is 1. The van der Waals surface area contributed by atoms with Crippen molar-refractivity contribution >= 4 is 34.1 Å². The van der Waals surface area contributed by atoms with Gasteiger partial charge in [0.05, 0.1) is 21.8 Å². The first kappa shape index (κ1) is 20.6. The smallest absolute Gasteiger partial charge is 0.259 e. The van der Waals surface area contributed by atoms with Gasteiger partial charge in [0.25, 0.3) is 11.4 Å². The van der Waals surface area contributed by atoms with E-state index in [1.54, 1.807) is 54.7 Å². The first-order valence-corrected chi connectivity index (χ1v) is 10.4. The van der Waals surface area contributed by atoms with Crippen LogP contribution < -0.4 is 10.9 Å². The maximum atomic E-state index is 13.0. The maximum absolute atomic E-state index is 13.0. The van der Waals surface area contributed by atoms with Crippen LogP contribution in [0.4, 0.5) is 5.69 Å². The number of nitrogens with zero attached hydrogens (tertiary/aromatic N) is 4. The molecule has 1 amide bonds. The van der Waals surface area contributed by atoms with E-state index in [9.17, 15) is 9.59 Å². The van der Waals surface area contributed by atoms with Gasteiger partial charge < -0.3 is 9.84 Å². The Kier molecular flexibility index (Phi) is 5.42. The Balaban J connectivity index is 1.52. The van der Waals surface area contributed by atoms with E-state index in [1.165, 1.54) is 10.6 Å². The van der Waals surface area contributed by atoms with Crippen molar-refractivity contribution in [2.45, 2.75) is 6.54 Å². The number of anilines is 1. The van der Waals surface area contributed by atoms with E-state index < -0.39 is 0 Å². The topological polar surface area (TPSA) is 103 Å². The number of nitrogens with one attached hydrogen (secondary N) is 1. The van der Waals surface area contributed by atoms with E-state index >= 15 is 0 Å². The summed E-state index contributed by atoms with van der Waals surface area (Å²) in [5.74, 6) is 0.132. The highest BCUT2D eigenvalue weighted by atomic mass is 35.5. The van der Waals surface area contributed by atoms with Crippen molar-refractivity contribution in [1.82, 2.24) is 19.7 Å². The van der Waals surface area contributed by atoms with Crippen LogP contribution in [0.3, 0.4) is 0 Å². The van der Waals surface area contributed by atoms with Gasteiger partial charge in [-0.15, -0.1) is 0 Å². The molecule has 0 fully saturated rings. The van der Waals surface area contributed by atoms with Crippen molar-refractivity contribution in [1.29, 1.82) is 0 Å². The van der Waals surface area contributed by atoms with Gasteiger partial charge in [-0.05, 0) is 30.3 Å². The zero-order chi connectivity index (χ0) is 22.8. The lowest BCUT2D eigenvalue weighted by Crippen LogP contribution is -2.27. The lowest BCUT2D eigenvalue weighted by molar-refractivity contribution is -0.116. The van der Waals surface area contributed by atoms with Crippen molar-refractivity contribution in [3.63, 3.8) is 0 Å². The second-order valence-electron chi connectivity index (χ2n) is 7.17. The van der Waals surface area contributed by atoms with Gasteiger partial charge in [-0.3, -0.25) is 19.1 Å². The van der Waals surface area contributed by atoms with Crippen molar-refractivity contribution in [3.8, 4) is 23.0 Å². The summed E-state index contributed by atoms with van der Waals surface area (Å²) in [5, 5.41) is 7.84. The highest BCUT2D eigenvalue weighted by molar-refractivity contribution is 6.33. The number of aromatic nitrogens is 4. The fourth-order valence-corrected chi connectivity index (χ4v) is 3.69. The van der Waals surface area contributed by atoms with E-state index in [-0.39, 0.29) is 23.9 Å². The van der Waals surface area contributed by atoms with Gasteiger partial charge in [0, 0.05) is 17.6 Å². The number of pyridine rings is 2. The molecule has 0 aliphatic heterocycles. The van der Waals surface area contributed by atoms with E-state index in [4.69, 9.17) is 16.1 Å². The highest BCUT2D eigenvalue weighted by Gasteiger charge is 2.18. The zero-order valence-corrected chi connectivity index (χ0v) is 17.9. The molecule has 3 aromatic heterocycles. The number of carbonyl (C=O) groups excluding carboxylic acids is 1. The summed E-state index contributed by atoms with van der Waals surface area (Å²) in [6, 6.07) is 20.9. The van der Waals surface area contributed by atoms with Crippen LogP contribution in [0.5, 0.6) is 0 Å². The number of hydrogen-bond donors (Lipinski definition) is 1. The lowest BCUT2D eigenvalue weighted by atomic mass is 10.1. The number of benzene rings is 2. The van der Waals surface area contributed by atoms with Crippen LogP contribution in [0, 0.1) is 0 Å². The number of rotatable bonds is 5. The van der Waals surface area contributed by atoms with Crippen molar-refractivity contribution in [3.05, 3.63) is 94.4 Å². The van der Waals surface area contributed by atoms with Crippen LogP contribution in [0.15, 0.2) is 88.3 Å². The van der Waals surface area contributed by atoms with Gasteiger partial charge in [-0.2, -0.15) is 4.98 Å². The molecule has 0 atom stereocenters. The first-order valence-electron chi connectivity index (χ1n) is 10.0. The molecule has 5 rings (SSSR count). The van der Waals surface area contributed by atoms with Crippen LogP contribution in [0.1, 0.15) is 0 Å². The fourth-order valence-electron chi connectivity index (χ4n) is 3.50. The maximum Gasteiger partial charge on any atom is 0.259 e. The van der Waals surface area contributed by atoms with E-state index in [2.05, 4.69) is 20.4 Å². The molecule has 0 bridgehead atoms. The van der Waals surface area contributed by atoms with Crippen molar-refractivity contribution < 1.29 is 9.32 Å². The van der Waals surface area contributed by atoms with E-state index in [0.29, 0.717) is 38.7 Å². The molecule has 0 saturated heterocycles. The first-order chi connectivity index (χ1) is 16.1. The summed E-state index contributed by atoms with van der Waals surface area (Å²) in [7, 11) is 0. The second kappa shape index (κ2) is 8.68. The van der Waals surface area contributed by atoms with Crippen LogP contribution in [-0.4, -0.2) is 25.6 Å². The summed E-state index contributed by atoms with van der Waals surface area (Å²) < 4.78 is 6.83. The molecule has 0 saturated carbocycles. The summed E-state index contributed by atoms with van der Waals surface area (Å²) in [5.41, 5.74) is 1.70. The van der Waals surface area contributed by atoms with Crippen LogP contribution in [0.25, 0.3) is 33.9 Å². The fraction of sp³-hybridized carbons (Fsp3) is 0.0417. The molecule has 33 heavy (non-hydrogen) atoms. The molecular weight excluding hydrogens is 442 g/mol. The quantitative estimate of drug-likeness (QED) is 0.419. The SMILES string of the molecule is O=C(Cn1c(=O)cc(-c2nc(-c3ccccn3)no2)c2ccccc21)Nc1ccccc1Cl. The Morgan fingerprint density at radius 1 is 1.03 bits per heavy atom. The summed E-state index contributed by atoms with van der Waals surface area (Å²) in [6.07, 6.45) is 1.63. The van der Waals surface area contributed by atoms with Gasteiger partial charge in [-0.1, -0.05) is 53.2 Å². The number of fused-ring (bicyclic) bond motifs is 1. The number of para-hydroxylation sites is 2. The lowest BCUT2D eigenvalue weighted by Gasteiger charge is -2.13. The second-order valence-corrected chi connectivity index (χ2v) is 7.57. The molecule has 0 radical (unpaired) electrons. The van der Waals surface area contributed by atoms with Gasteiger partial charge in [0.2, 0.25) is 11.7 Å². The molecule has 9 heteroatoms. The minimum atomic E-state index is -0.379. The molecule has 0 aliphatic carbocycles. The average molecular weight is 458 g/mol. The summed E-state index contributed by atoms with van der Waals surface area (Å²) in [6.45, 7) is -0.187. The molecular formula is C24H16ClN5O3. The van der Waals surface area contributed by atoms with Gasteiger partial charge in [0.15, 0.2) is 0 Å². The Morgan fingerprint density at radius 2 is 1.82 bits per heavy atom. The molecule has 0 spiro atoms. The molecule has 0 unspecified atom stereocenters. The normalized spacial score (nSPS) is 10.9. The van der Waals surface area contributed by atoms with Gasteiger partial charge >= 0.3 is 0 Å².